The van der Waals surface area contributed by atoms with E-state index < -0.39 is 0 Å². The highest BCUT2D eigenvalue weighted by Gasteiger charge is 2.04. The van der Waals surface area contributed by atoms with Crippen molar-refractivity contribution < 1.29 is 4.79 Å². The number of aromatic nitrogens is 2. The molecule has 1 aromatic carbocycles. The lowest BCUT2D eigenvalue weighted by molar-refractivity contribution is -0.114. The number of aryl methyl sites for hydroxylation is 1. The van der Waals surface area contributed by atoms with Crippen molar-refractivity contribution in [1.82, 2.24) is 9.97 Å². The van der Waals surface area contributed by atoms with Crippen LogP contribution in [0, 0.1) is 12.8 Å². The quantitative estimate of drug-likeness (QED) is 0.760. The molecule has 6 heteroatoms. The van der Waals surface area contributed by atoms with Crippen molar-refractivity contribution in [1.29, 1.82) is 0 Å². The Morgan fingerprint density at radius 1 is 1.13 bits per heavy atom. The summed E-state index contributed by atoms with van der Waals surface area (Å²) in [6.45, 7) is 8.50. The summed E-state index contributed by atoms with van der Waals surface area (Å²) in [5.41, 5.74) is 1.59. The summed E-state index contributed by atoms with van der Waals surface area (Å²) < 4.78 is 0. The van der Waals surface area contributed by atoms with Gasteiger partial charge in [-0.3, -0.25) is 4.79 Å². The molecular formula is C17H23N5O. The van der Waals surface area contributed by atoms with Gasteiger partial charge in [-0.05, 0) is 31.0 Å². The van der Waals surface area contributed by atoms with Gasteiger partial charge in [0.25, 0.3) is 0 Å². The fraction of sp³-hybridized carbons (Fsp3) is 0.353. The van der Waals surface area contributed by atoms with Gasteiger partial charge in [-0.2, -0.15) is 0 Å². The number of benzene rings is 1. The Bertz CT molecular complexity index is 684. The van der Waals surface area contributed by atoms with Crippen LogP contribution in [0.25, 0.3) is 0 Å². The number of nitrogens with one attached hydrogen (secondary N) is 3. The lowest BCUT2D eigenvalue weighted by atomic mass is 10.2. The first-order chi connectivity index (χ1) is 10.9. The lowest BCUT2D eigenvalue weighted by Gasteiger charge is -2.12. The largest absolute Gasteiger partial charge is 0.370 e. The van der Waals surface area contributed by atoms with Gasteiger partial charge in [-0.25, -0.2) is 9.97 Å². The standard InChI is InChI=1S/C17H23N5O/c1-11(2)10-18-16-9-17(20-12(3)19-16)22-15-7-5-6-14(8-15)21-13(4)23/h5-9,11H,10H2,1-4H3,(H,21,23)(H2,18,19,20,22). The molecule has 6 nitrogen and oxygen atoms in total. The molecule has 0 fully saturated rings. The van der Waals surface area contributed by atoms with E-state index in [2.05, 4.69) is 39.8 Å². The van der Waals surface area contributed by atoms with Crippen LogP contribution in [0.3, 0.4) is 0 Å². The number of carbonyl (C=O) groups excluding carboxylic acids is 1. The van der Waals surface area contributed by atoms with E-state index in [0.717, 1.165) is 23.7 Å². The van der Waals surface area contributed by atoms with Crippen LogP contribution in [-0.2, 0) is 4.79 Å². The molecule has 0 saturated heterocycles. The minimum atomic E-state index is -0.0970. The van der Waals surface area contributed by atoms with Gasteiger partial charge in [0.15, 0.2) is 0 Å². The molecule has 1 amide bonds. The highest BCUT2D eigenvalue weighted by Crippen LogP contribution is 2.20. The van der Waals surface area contributed by atoms with E-state index in [9.17, 15) is 4.79 Å². The molecule has 2 aromatic rings. The molecule has 0 saturated carbocycles. The fourth-order valence-electron chi connectivity index (χ4n) is 2.06. The number of carbonyl (C=O) groups is 1. The molecule has 2 rings (SSSR count). The highest BCUT2D eigenvalue weighted by atomic mass is 16.1. The van der Waals surface area contributed by atoms with Crippen molar-refractivity contribution in [3.8, 4) is 0 Å². The third kappa shape index (κ3) is 5.58. The van der Waals surface area contributed by atoms with Gasteiger partial charge in [0.05, 0.1) is 0 Å². The molecule has 0 aliphatic carbocycles. The van der Waals surface area contributed by atoms with E-state index in [0.29, 0.717) is 17.6 Å². The van der Waals surface area contributed by atoms with Gasteiger partial charge >= 0.3 is 0 Å². The molecule has 0 aliphatic heterocycles. The third-order valence-electron chi connectivity index (χ3n) is 2.98. The highest BCUT2D eigenvalue weighted by molar-refractivity contribution is 5.89. The van der Waals surface area contributed by atoms with E-state index in [-0.39, 0.29) is 5.91 Å². The van der Waals surface area contributed by atoms with E-state index in [1.54, 1.807) is 0 Å². The first-order valence-corrected chi connectivity index (χ1v) is 7.66. The van der Waals surface area contributed by atoms with Crippen molar-refractivity contribution in [2.75, 3.05) is 22.5 Å². The van der Waals surface area contributed by atoms with E-state index >= 15 is 0 Å². The van der Waals surface area contributed by atoms with Crippen LogP contribution in [-0.4, -0.2) is 22.4 Å². The van der Waals surface area contributed by atoms with Gasteiger partial charge in [-0.15, -0.1) is 0 Å². The van der Waals surface area contributed by atoms with E-state index in [1.165, 1.54) is 6.92 Å². The smallest absolute Gasteiger partial charge is 0.221 e. The number of amides is 1. The van der Waals surface area contributed by atoms with Crippen molar-refractivity contribution in [3.63, 3.8) is 0 Å². The van der Waals surface area contributed by atoms with Crippen LogP contribution in [0.5, 0.6) is 0 Å². The second kappa shape index (κ2) is 7.58. The molecule has 1 aromatic heterocycles. The van der Waals surface area contributed by atoms with Crippen LogP contribution in [0.1, 0.15) is 26.6 Å². The molecule has 0 atom stereocenters. The summed E-state index contributed by atoms with van der Waals surface area (Å²) >= 11 is 0. The number of hydrogen-bond donors (Lipinski definition) is 3. The van der Waals surface area contributed by atoms with Gasteiger partial charge < -0.3 is 16.0 Å². The third-order valence-corrected chi connectivity index (χ3v) is 2.98. The monoisotopic (exact) mass is 313 g/mol. The average molecular weight is 313 g/mol. The summed E-state index contributed by atoms with van der Waals surface area (Å²) in [5, 5.41) is 9.31. The SMILES string of the molecule is CC(=O)Nc1cccc(Nc2cc(NCC(C)C)nc(C)n2)c1. The van der Waals surface area contributed by atoms with Crippen molar-refractivity contribution >= 4 is 28.9 Å². The van der Waals surface area contributed by atoms with Gasteiger partial charge in [-0.1, -0.05) is 19.9 Å². The van der Waals surface area contributed by atoms with Crippen LogP contribution < -0.4 is 16.0 Å². The first kappa shape index (κ1) is 16.7. The fourth-order valence-corrected chi connectivity index (χ4v) is 2.06. The van der Waals surface area contributed by atoms with Crippen LogP contribution in [0.15, 0.2) is 30.3 Å². The molecule has 0 unspecified atom stereocenters. The lowest BCUT2D eigenvalue weighted by Crippen LogP contribution is -2.10. The second-order valence-corrected chi connectivity index (χ2v) is 5.85. The zero-order valence-corrected chi connectivity index (χ0v) is 14.0. The zero-order valence-electron chi connectivity index (χ0n) is 14.0. The molecule has 1 heterocycles. The van der Waals surface area contributed by atoms with Crippen LogP contribution in [0.2, 0.25) is 0 Å². The second-order valence-electron chi connectivity index (χ2n) is 5.85. The summed E-state index contributed by atoms with van der Waals surface area (Å²) in [7, 11) is 0. The predicted octanol–water partition coefficient (Wildman–Crippen LogP) is 3.55. The zero-order chi connectivity index (χ0) is 16.8. The molecule has 122 valence electrons. The molecule has 0 spiro atoms. The molecule has 23 heavy (non-hydrogen) atoms. The van der Waals surface area contributed by atoms with Gasteiger partial charge in [0.1, 0.15) is 17.5 Å². The average Bonchev–Trinajstić information content (AvgIpc) is 2.44. The Morgan fingerprint density at radius 2 is 1.83 bits per heavy atom. The first-order valence-electron chi connectivity index (χ1n) is 7.66. The Labute approximate surface area is 136 Å². The summed E-state index contributed by atoms with van der Waals surface area (Å²) in [4.78, 5) is 19.9. The molecule has 0 radical (unpaired) electrons. The number of rotatable bonds is 6. The Morgan fingerprint density at radius 3 is 2.52 bits per heavy atom. The molecule has 3 N–H and O–H groups in total. The van der Waals surface area contributed by atoms with Gasteiger partial charge in [0, 0.05) is 30.9 Å². The van der Waals surface area contributed by atoms with Gasteiger partial charge in [0.2, 0.25) is 5.91 Å². The normalized spacial score (nSPS) is 10.5. The molecule has 0 bridgehead atoms. The minimum Gasteiger partial charge on any atom is -0.370 e. The minimum absolute atomic E-state index is 0.0970. The topological polar surface area (TPSA) is 78.9 Å². The van der Waals surface area contributed by atoms with Crippen LogP contribution >= 0.6 is 0 Å². The molecule has 0 aliphatic rings. The maximum atomic E-state index is 11.1. The Hall–Kier alpha value is -2.63. The number of anilines is 4. The maximum Gasteiger partial charge on any atom is 0.221 e. The Kier molecular flexibility index (Phi) is 5.51. The summed E-state index contributed by atoms with van der Waals surface area (Å²) in [6.07, 6.45) is 0. The number of nitrogens with zero attached hydrogens (tertiary/aromatic N) is 2. The van der Waals surface area contributed by atoms with Crippen molar-refractivity contribution in [2.24, 2.45) is 5.92 Å². The Balaban J connectivity index is 2.14. The molecular weight excluding hydrogens is 290 g/mol. The summed E-state index contributed by atoms with van der Waals surface area (Å²) in [6, 6.07) is 9.37. The van der Waals surface area contributed by atoms with E-state index in [4.69, 9.17) is 0 Å². The van der Waals surface area contributed by atoms with Crippen molar-refractivity contribution in [3.05, 3.63) is 36.2 Å². The summed E-state index contributed by atoms with van der Waals surface area (Å²) in [5.74, 6) is 2.64. The predicted molar refractivity (Wildman–Crippen MR) is 94.1 cm³/mol. The van der Waals surface area contributed by atoms with E-state index in [1.807, 2.05) is 37.3 Å². The maximum absolute atomic E-state index is 11.1. The van der Waals surface area contributed by atoms with Crippen LogP contribution in [0.4, 0.5) is 23.0 Å². The van der Waals surface area contributed by atoms with Crippen molar-refractivity contribution in [2.45, 2.75) is 27.7 Å². The number of hydrogen-bond acceptors (Lipinski definition) is 5.